The molecule has 3 rings (SSSR count). The van der Waals surface area contributed by atoms with Gasteiger partial charge in [0.15, 0.2) is 18.1 Å². The molecule has 1 amide bonds. The highest BCUT2D eigenvalue weighted by molar-refractivity contribution is 6.00. The van der Waals surface area contributed by atoms with E-state index in [1.165, 1.54) is 6.07 Å². The molecule has 0 bridgehead atoms. The summed E-state index contributed by atoms with van der Waals surface area (Å²) in [5, 5.41) is 14.9. The summed E-state index contributed by atoms with van der Waals surface area (Å²) in [6, 6.07) is 6.39. The molecule has 0 unspecified atom stereocenters. The van der Waals surface area contributed by atoms with Crippen molar-refractivity contribution in [3.8, 4) is 17.1 Å². The van der Waals surface area contributed by atoms with Crippen LogP contribution in [0.3, 0.4) is 0 Å². The van der Waals surface area contributed by atoms with Gasteiger partial charge in [0.1, 0.15) is 5.75 Å². The number of rotatable bonds is 2. The smallest absolute Gasteiger partial charge is 0.358 e. The number of hydrogen-bond acceptors (Lipinski definition) is 5. The molecule has 0 radical (unpaired) electrons. The Bertz CT molecular complexity index is 677. The molecule has 0 aliphatic carbocycles. The lowest BCUT2D eigenvalue weighted by Gasteiger charge is -2.19. The normalized spacial score (nSPS) is 13.4. The van der Waals surface area contributed by atoms with Gasteiger partial charge in [-0.25, -0.2) is 4.79 Å². The molecule has 0 saturated heterocycles. The number of carboxylic acids is 1. The van der Waals surface area contributed by atoms with Gasteiger partial charge in [0.25, 0.3) is 5.91 Å². The number of aromatic nitrogens is 1. The van der Waals surface area contributed by atoms with Gasteiger partial charge in [-0.15, -0.1) is 0 Å². The number of para-hydroxylation sites is 1. The predicted molar refractivity (Wildman–Crippen MR) is 63.0 cm³/mol. The number of carbonyl (C=O) groups is 2. The van der Waals surface area contributed by atoms with E-state index in [0.29, 0.717) is 17.0 Å². The van der Waals surface area contributed by atoms with Crippen molar-refractivity contribution in [2.24, 2.45) is 0 Å². The Morgan fingerprint density at radius 3 is 3.00 bits per heavy atom. The zero-order chi connectivity index (χ0) is 13.4. The van der Waals surface area contributed by atoms with Gasteiger partial charge >= 0.3 is 5.97 Å². The number of nitrogens with one attached hydrogen (secondary N) is 1. The van der Waals surface area contributed by atoms with E-state index in [2.05, 4.69) is 10.5 Å². The number of anilines is 1. The van der Waals surface area contributed by atoms with E-state index in [0.717, 1.165) is 0 Å². The highest BCUT2D eigenvalue weighted by Gasteiger charge is 2.22. The van der Waals surface area contributed by atoms with Crippen LogP contribution in [0.1, 0.15) is 10.5 Å². The maximum Gasteiger partial charge on any atom is 0.358 e. The molecule has 0 saturated carbocycles. The second kappa shape index (κ2) is 4.13. The molecule has 1 aliphatic rings. The summed E-state index contributed by atoms with van der Waals surface area (Å²) in [6.07, 6.45) is 0. The van der Waals surface area contributed by atoms with Gasteiger partial charge in [0.2, 0.25) is 0 Å². The first kappa shape index (κ1) is 11.3. The lowest BCUT2D eigenvalue weighted by molar-refractivity contribution is -0.118. The molecule has 1 aromatic carbocycles. The largest absolute Gasteiger partial charge is 0.482 e. The highest BCUT2D eigenvalue weighted by Crippen LogP contribution is 2.37. The maximum atomic E-state index is 11.3. The van der Waals surface area contributed by atoms with Crippen molar-refractivity contribution >= 4 is 17.6 Å². The van der Waals surface area contributed by atoms with Crippen LogP contribution in [0.5, 0.6) is 5.75 Å². The topological polar surface area (TPSA) is 102 Å². The minimum atomic E-state index is -1.18. The summed E-state index contributed by atoms with van der Waals surface area (Å²) in [5.74, 6) is -0.705. The van der Waals surface area contributed by atoms with E-state index in [1.54, 1.807) is 18.2 Å². The fraction of sp³-hybridized carbons (Fsp3) is 0.0833. The number of fused-ring (bicyclic) bond motifs is 1. The number of aromatic carboxylic acids is 1. The van der Waals surface area contributed by atoms with Crippen LogP contribution < -0.4 is 10.1 Å². The van der Waals surface area contributed by atoms with Gasteiger partial charge in [-0.2, -0.15) is 0 Å². The van der Waals surface area contributed by atoms with Crippen LogP contribution in [-0.4, -0.2) is 28.7 Å². The van der Waals surface area contributed by atoms with E-state index in [9.17, 15) is 9.59 Å². The summed E-state index contributed by atoms with van der Waals surface area (Å²) >= 11 is 0. The number of carbonyl (C=O) groups excluding carboxylic acids is 1. The molecule has 0 atom stereocenters. The summed E-state index contributed by atoms with van der Waals surface area (Å²) in [6.45, 7) is -0.0484. The summed E-state index contributed by atoms with van der Waals surface area (Å²) in [5.41, 5.74) is 0.771. The first-order valence-corrected chi connectivity index (χ1v) is 5.41. The Labute approximate surface area is 106 Å². The Morgan fingerprint density at radius 2 is 2.26 bits per heavy atom. The average Bonchev–Trinajstić information content (AvgIpc) is 2.87. The number of hydrogen-bond donors (Lipinski definition) is 2. The lowest BCUT2D eigenvalue weighted by Crippen LogP contribution is -2.25. The molecule has 2 N–H and O–H groups in total. The van der Waals surface area contributed by atoms with Crippen LogP contribution in [0.15, 0.2) is 28.8 Å². The zero-order valence-electron chi connectivity index (χ0n) is 9.54. The first-order chi connectivity index (χ1) is 9.15. The Kier molecular flexibility index (Phi) is 2.45. The van der Waals surface area contributed by atoms with Crippen molar-refractivity contribution in [2.45, 2.75) is 0 Å². The predicted octanol–water partition coefficient (Wildman–Crippen LogP) is 1.37. The fourth-order valence-electron chi connectivity index (χ4n) is 1.81. The molecule has 0 spiro atoms. The molecule has 19 heavy (non-hydrogen) atoms. The third kappa shape index (κ3) is 1.90. The second-order valence-corrected chi connectivity index (χ2v) is 3.90. The quantitative estimate of drug-likeness (QED) is 0.845. The van der Waals surface area contributed by atoms with Crippen molar-refractivity contribution in [3.63, 3.8) is 0 Å². The van der Waals surface area contributed by atoms with Gasteiger partial charge in [-0.1, -0.05) is 11.2 Å². The van der Waals surface area contributed by atoms with E-state index < -0.39 is 5.97 Å². The van der Waals surface area contributed by atoms with Crippen LogP contribution in [0, 0.1) is 0 Å². The first-order valence-electron chi connectivity index (χ1n) is 5.41. The SMILES string of the molecule is O=C1COc2cccc(-c3cc(C(=O)O)no3)c2N1. The van der Waals surface area contributed by atoms with Crippen molar-refractivity contribution < 1.29 is 24.0 Å². The zero-order valence-corrected chi connectivity index (χ0v) is 9.54. The number of benzene rings is 1. The van der Waals surface area contributed by atoms with Gasteiger partial charge in [-0.05, 0) is 12.1 Å². The van der Waals surface area contributed by atoms with Crippen molar-refractivity contribution in [2.75, 3.05) is 11.9 Å². The molecule has 2 aromatic rings. The van der Waals surface area contributed by atoms with E-state index in [4.69, 9.17) is 14.4 Å². The monoisotopic (exact) mass is 260 g/mol. The molecule has 0 fully saturated rings. The van der Waals surface area contributed by atoms with E-state index >= 15 is 0 Å². The number of amides is 1. The minimum Gasteiger partial charge on any atom is -0.482 e. The van der Waals surface area contributed by atoms with Gasteiger partial charge in [0, 0.05) is 11.6 Å². The Morgan fingerprint density at radius 1 is 1.42 bits per heavy atom. The number of carboxylic acid groups (broad SMARTS) is 1. The third-order valence-electron chi connectivity index (χ3n) is 2.64. The molecule has 7 nitrogen and oxygen atoms in total. The highest BCUT2D eigenvalue weighted by atomic mass is 16.5. The summed E-state index contributed by atoms with van der Waals surface area (Å²) in [4.78, 5) is 22.1. The van der Waals surface area contributed by atoms with Crippen LogP contribution in [0.25, 0.3) is 11.3 Å². The van der Waals surface area contributed by atoms with E-state index in [-0.39, 0.29) is 24.0 Å². The number of nitrogens with zero attached hydrogens (tertiary/aromatic N) is 1. The Hall–Kier alpha value is -2.83. The molecule has 1 aliphatic heterocycles. The summed E-state index contributed by atoms with van der Waals surface area (Å²) in [7, 11) is 0. The minimum absolute atomic E-state index is 0.0484. The molecular formula is C12H8N2O5. The molecule has 2 heterocycles. The van der Waals surface area contributed by atoms with Gasteiger partial charge < -0.3 is 19.7 Å². The number of ether oxygens (including phenoxy) is 1. The Balaban J connectivity index is 2.09. The lowest BCUT2D eigenvalue weighted by atomic mass is 10.1. The van der Waals surface area contributed by atoms with Crippen LogP contribution >= 0.6 is 0 Å². The average molecular weight is 260 g/mol. The van der Waals surface area contributed by atoms with Crippen LogP contribution in [0.2, 0.25) is 0 Å². The maximum absolute atomic E-state index is 11.3. The molecule has 96 valence electrons. The fourth-order valence-corrected chi connectivity index (χ4v) is 1.81. The molecular weight excluding hydrogens is 252 g/mol. The second-order valence-electron chi connectivity index (χ2n) is 3.90. The third-order valence-corrected chi connectivity index (χ3v) is 2.64. The molecule has 1 aromatic heterocycles. The molecule has 7 heteroatoms. The van der Waals surface area contributed by atoms with Crippen molar-refractivity contribution in [1.29, 1.82) is 0 Å². The van der Waals surface area contributed by atoms with Crippen molar-refractivity contribution in [3.05, 3.63) is 30.0 Å². The summed E-state index contributed by atoms with van der Waals surface area (Å²) < 4.78 is 10.2. The van der Waals surface area contributed by atoms with Crippen LogP contribution in [-0.2, 0) is 4.79 Å². The van der Waals surface area contributed by atoms with E-state index in [1.807, 2.05) is 0 Å². The standard InChI is InChI=1S/C12H8N2O5/c15-10-5-18-8-3-1-2-6(11(8)13-10)9-4-7(12(16)17)14-19-9/h1-4H,5H2,(H,13,15)(H,16,17). The van der Waals surface area contributed by atoms with Gasteiger partial charge in [0.05, 0.1) is 5.69 Å². The van der Waals surface area contributed by atoms with Crippen LogP contribution in [0.4, 0.5) is 5.69 Å². The van der Waals surface area contributed by atoms with Gasteiger partial charge in [-0.3, -0.25) is 4.79 Å². The van der Waals surface area contributed by atoms with Crippen molar-refractivity contribution in [1.82, 2.24) is 5.16 Å².